The summed E-state index contributed by atoms with van der Waals surface area (Å²) in [5, 5.41) is 4.99. The van der Waals surface area contributed by atoms with Crippen LogP contribution in [0.25, 0.3) is 16.7 Å². The fraction of sp³-hybridized carbons (Fsp3) is 0.259. The van der Waals surface area contributed by atoms with Crippen LogP contribution in [0.1, 0.15) is 59.8 Å². The molecule has 0 aliphatic rings. The van der Waals surface area contributed by atoms with Gasteiger partial charge in [-0.1, -0.05) is 32.0 Å². The highest BCUT2D eigenvalue weighted by Crippen LogP contribution is 2.27. The number of nitrogens with one attached hydrogen (secondary N) is 1. The molecule has 0 fully saturated rings. The Morgan fingerprint density at radius 2 is 1.94 bits per heavy atom. The van der Waals surface area contributed by atoms with Crippen LogP contribution in [0.3, 0.4) is 0 Å². The van der Waals surface area contributed by atoms with Gasteiger partial charge in [-0.25, -0.2) is 5.43 Å². The molecule has 2 aromatic carbocycles. The Morgan fingerprint density at radius 1 is 1.15 bits per heavy atom. The van der Waals surface area contributed by atoms with Crippen LogP contribution in [0.15, 0.2) is 64.1 Å². The molecule has 170 valence electrons. The number of furan rings is 1. The van der Waals surface area contributed by atoms with Crippen molar-refractivity contribution in [1.29, 1.82) is 0 Å². The van der Waals surface area contributed by atoms with E-state index in [-0.39, 0.29) is 5.76 Å². The quantitative estimate of drug-likeness (QED) is 0.276. The summed E-state index contributed by atoms with van der Waals surface area (Å²) in [5.41, 5.74) is 8.76. The second-order valence-electron chi connectivity index (χ2n) is 8.32. The topological polar surface area (TPSA) is 68.8 Å². The number of para-hydroxylation sites is 1. The van der Waals surface area contributed by atoms with E-state index in [1.54, 1.807) is 18.3 Å². The molecule has 0 bridgehead atoms. The summed E-state index contributed by atoms with van der Waals surface area (Å²) in [4.78, 5) is 12.6. The molecule has 0 unspecified atom stereocenters. The van der Waals surface area contributed by atoms with Crippen molar-refractivity contribution >= 4 is 23.1 Å². The van der Waals surface area contributed by atoms with Gasteiger partial charge >= 0.3 is 5.91 Å². The third-order valence-corrected chi connectivity index (χ3v) is 5.66. The number of carbonyl (C=O) groups is 1. The minimum Gasteiger partial charge on any atom is -0.494 e. The minimum absolute atomic E-state index is 0.201. The van der Waals surface area contributed by atoms with Crippen molar-refractivity contribution in [2.45, 2.75) is 40.5 Å². The number of hydrazone groups is 1. The van der Waals surface area contributed by atoms with Crippen LogP contribution in [-0.2, 0) is 0 Å². The van der Waals surface area contributed by atoms with E-state index in [4.69, 9.17) is 9.15 Å². The van der Waals surface area contributed by atoms with Gasteiger partial charge in [-0.3, -0.25) is 4.79 Å². The summed E-state index contributed by atoms with van der Waals surface area (Å²) < 4.78 is 13.4. The molecule has 2 aromatic heterocycles. The molecule has 1 amide bonds. The molecule has 0 radical (unpaired) electrons. The normalized spacial score (nSPS) is 11.6. The number of amides is 1. The maximum absolute atomic E-state index is 12.6. The summed E-state index contributed by atoms with van der Waals surface area (Å²) in [6.07, 6.45) is 1.67. The maximum atomic E-state index is 12.6. The van der Waals surface area contributed by atoms with E-state index < -0.39 is 5.91 Å². The number of ether oxygens (including phenoxy) is 1. The lowest BCUT2D eigenvalue weighted by Gasteiger charge is -2.17. The highest BCUT2D eigenvalue weighted by Gasteiger charge is 2.15. The molecule has 6 heteroatoms. The molecule has 6 nitrogen and oxygen atoms in total. The SMILES string of the molecule is CCOc1ccc2oc(C(=O)N/N=C/c3cc(C)n(-c4ccccc4C(C)C)c3C)cc2c1. The average molecular weight is 444 g/mol. The van der Waals surface area contributed by atoms with E-state index in [2.05, 4.69) is 73.1 Å². The van der Waals surface area contributed by atoms with Gasteiger partial charge in [0, 0.05) is 28.0 Å². The Labute approximate surface area is 193 Å². The first kappa shape index (κ1) is 22.4. The van der Waals surface area contributed by atoms with Gasteiger partial charge in [0.2, 0.25) is 0 Å². The molecular weight excluding hydrogens is 414 g/mol. The van der Waals surface area contributed by atoms with Crippen LogP contribution in [0.5, 0.6) is 5.75 Å². The highest BCUT2D eigenvalue weighted by molar-refractivity contribution is 5.97. The second kappa shape index (κ2) is 9.36. The first-order valence-corrected chi connectivity index (χ1v) is 11.2. The molecule has 33 heavy (non-hydrogen) atoms. The maximum Gasteiger partial charge on any atom is 0.307 e. The van der Waals surface area contributed by atoms with Crippen LogP contribution >= 0.6 is 0 Å². The Bertz CT molecular complexity index is 1330. The van der Waals surface area contributed by atoms with Crippen LogP contribution in [0.2, 0.25) is 0 Å². The van der Waals surface area contributed by atoms with Crippen molar-refractivity contribution in [3.63, 3.8) is 0 Å². The number of hydrogen-bond donors (Lipinski definition) is 1. The lowest BCUT2D eigenvalue weighted by molar-refractivity contribution is 0.0929. The molecule has 4 rings (SSSR count). The predicted molar refractivity (Wildman–Crippen MR) is 132 cm³/mol. The van der Waals surface area contributed by atoms with Crippen molar-refractivity contribution < 1.29 is 13.9 Å². The number of fused-ring (bicyclic) bond motifs is 1. The van der Waals surface area contributed by atoms with E-state index in [9.17, 15) is 4.79 Å². The molecule has 2 heterocycles. The lowest BCUT2D eigenvalue weighted by Crippen LogP contribution is -2.16. The van der Waals surface area contributed by atoms with Crippen molar-refractivity contribution in [2.24, 2.45) is 5.10 Å². The number of aryl methyl sites for hydroxylation is 1. The summed E-state index contributed by atoms with van der Waals surface area (Å²) in [6.45, 7) is 11.0. The lowest BCUT2D eigenvalue weighted by atomic mass is 10.0. The summed E-state index contributed by atoms with van der Waals surface area (Å²) >= 11 is 0. The largest absolute Gasteiger partial charge is 0.494 e. The zero-order valence-corrected chi connectivity index (χ0v) is 19.7. The van der Waals surface area contributed by atoms with Gasteiger partial charge in [0.15, 0.2) is 5.76 Å². The molecule has 0 saturated heterocycles. The third-order valence-electron chi connectivity index (χ3n) is 5.66. The fourth-order valence-electron chi connectivity index (χ4n) is 4.07. The highest BCUT2D eigenvalue weighted by atomic mass is 16.5. The molecule has 0 aliphatic carbocycles. The molecular formula is C27H29N3O3. The van der Waals surface area contributed by atoms with Crippen molar-refractivity contribution in [3.05, 3.63) is 82.9 Å². The van der Waals surface area contributed by atoms with Crippen LogP contribution in [-0.4, -0.2) is 23.3 Å². The van der Waals surface area contributed by atoms with E-state index in [1.807, 2.05) is 19.1 Å². The molecule has 0 spiro atoms. The van der Waals surface area contributed by atoms with Gasteiger partial charge in [0.1, 0.15) is 11.3 Å². The van der Waals surface area contributed by atoms with Gasteiger partial charge in [0.25, 0.3) is 0 Å². The monoisotopic (exact) mass is 443 g/mol. The molecule has 0 aliphatic heterocycles. The smallest absolute Gasteiger partial charge is 0.307 e. The molecule has 0 saturated carbocycles. The fourth-order valence-corrected chi connectivity index (χ4v) is 4.07. The van der Waals surface area contributed by atoms with Crippen molar-refractivity contribution in [1.82, 2.24) is 9.99 Å². The first-order valence-electron chi connectivity index (χ1n) is 11.2. The number of hydrogen-bond acceptors (Lipinski definition) is 4. The van der Waals surface area contributed by atoms with Crippen LogP contribution in [0, 0.1) is 13.8 Å². The van der Waals surface area contributed by atoms with Crippen LogP contribution < -0.4 is 10.2 Å². The van der Waals surface area contributed by atoms with Gasteiger partial charge in [-0.2, -0.15) is 5.10 Å². The minimum atomic E-state index is -0.403. The van der Waals surface area contributed by atoms with Crippen molar-refractivity contribution in [2.75, 3.05) is 6.61 Å². The number of benzene rings is 2. The molecule has 0 atom stereocenters. The van der Waals surface area contributed by atoms with Crippen molar-refractivity contribution in [3.8, 4) is 11.4 Å². The average Bonchev–Trinajstić information content (AvgIpc) is 3.34. The van der Waals surface area contributed by atoms with E-state index >= 15 is 0 Å². The number of aromatic nitrogens is 1. The summed E-state index contributed by atoms with van der Waals surface area (Å²) in [5.74, 6) is 0.948. The number of carbonyl (C=O) groups excluding carboxylic acids is 1. The van der Waals surface area contributed by atoms with Gasteiger partial charge in [-0.05, 0) is 68.7 Å². The number of nitrogens with zero attached hydrogens (tertiary/aromatic N) is 2. The van der Waals surface area contributed by atoms with Crippen LogP contribution in [0.4, 0.5) is 0 Å². The zero-order valence-electron chi connectivity index (χ0n) is 19.7. The zero-order chi connectivity index (χ0) is 23.5. The number of rotatable bonds is 7. The van der Waals surface area contributed by atoms with E-state index in [0.29, 0.717) is 18.1 Å². The summed E-state index contributed by atoms with van der Waals surface area (Å²) in [6, 6.07) is 17.7. The Hall–Kier alpha value is -3.80. The first-order chi connectivity index (χ1) is 15.9. The van der Waals surface area contributed by atoms with Gasteiger partial charge in [0.05, 0.1) is 12.8 Å². The van der Waals surface area contributed by atoms with E-state index in [1.165, 1.54) is 11.3 Å². The summed E-state index contributed by atoms with van der Waals surface area (Å²) in [7, 11) is 0. The Balaban J connectivity index is 1.53. The molecule has 4 aromatic rings. The van der Waals surface area contributed by atoms with Gasteiger partial charge < -0.3 is 13.7 Å². The van der Waals surface area contributed by atoms with E-state index in [0.717, 1.165) is 28.1 Å². The predicted octanol–water partition coefficient (Wildman–Crippen LogP) is 6.13. The Morgan fingerprint density at radius 3 is 2.70 bits per heavy atom. The standard InChI is InChI=1S/C27H29N3O3/c1-6-32-22-11-12-25-20(14-22)15-26(33-25)27(31)29-28-16-21-13-18(4)30(19(21)5)24-10-8-7-9-23(24)17(2)3/h7-17H,6H2,1-5H3,(H,29,31)/b28-16+. The third kappa shape index (κ3) is 4.55. The second-order valence-corrected chi connectivity index (χ2v) is 8.32. The molecule has 1 N–H and O–H groups in total. The van der Waals surface area contributed by atoms with Gasteiger partial charge in [-0.15, -0.1) is 0 Å². The Kier molecular flexibility index (Phi) is 6.36.